The molecule has 1 N–H and O–H groups in total. The van der Waals surface area contributed by atoms with Gasteiger partial charge in [0.05, 0.1) is 24.0 Å². The van der Waals surface area contributed by atoms with Gasteiger partial charge in [0.1, 0.15) is 0 Å². The fourth-order valence-corrected chi connectivity index (χ4v) is 5.73. The Morgan fingerprint density at radius 2 is 1.63 bits per heavy atom. The molecule has 1 unspecified atom stereocenters. The first-order chi connectivity index (χ1) is 19.7. The van der Waals surface area contributed by atoms with Crippen LogP contribution in [0.1, 0.15) is 89.5 Å². The predicted molar refractivity (Wildman–Crippen MR) is 171 cm³/mol. The van der Waals surface area contributed by atoms with Gasteiger partial charge in [-0.25, -0.2) is 4.79 Å². The van der Waals surface area contributed by atoms with Crippen molar-refractivity contribution in [3.8, 4) is 16.9 Å². The molecule has 0 saturated heterocycles. The summed E-state index contributed by atoms with van der Waals surface area (Å²) in [5.74, 6) is 0.713. The molecule has 0 fully saturated rings. The van der Waals surface area contributed by atoms with E-state index in [0.717, 1.165) is 49.0 Å². The van der Waals surface area contributed by atoms with Crippen molar-refractivity contribution in [1.82, 2.24) is 14.9 Å². The molecule has 5 nitrogen and oxygen atoms in total. The average Bonchev–Trinajstić information content (AvgIpc) is 3.32. The van der Waals surface area contributed by atoms with Crippen LogP contribution >= 0.6 is 0 Å². The zero-order valence-corrected chi connectivity index (χ0v) is 26.0. The SMILES string of the molecule is CCCC(COC(=O)NC(C)C)Cc1cn(-c2ccc(C(C)C)cc2)c2cnc(-c3c(CC)cccc3CC)cc12. The molecule has 2 aromatic carbocycles. The van der Waals surface area contributed by atoms with Crippen molar-refractivity contribution >= 4 is 17.0 Å². The van der Waals surface area contributed by atoms with E-state index in [4.69, 9.17) is 9.72 Å². The number of pyridine rings is 1. The number of nitrogens with one attached hydrogen (secondary N) is 1. The Morgan fingerprint density at radius 1 is 0.951 bits per heavy atom. The molecule has 0 aliphatic rings. The van der Waals surface area contributed by atoms with Crippen molar-refractivity contribution in [1.29, 1.82) is 0 Å². The van der Waals surface area contributed by atoms with Crippen LogP contribution in [-0.2, 0) is 24.0 Å². The second-order valence-electron chi connectivity index (χ2n) is 11.8. The van der Waals surface area contributed by atoms with Crippen LogP contribution in [-0.4, -0.2) is 28.3 Å². The molecule has 41 heavy (non-hydrogen) atoms. The molecule has 2 aromatic heterocycles. The van der Waals surface area contributed by atoms with E-state index >= 15 is 0 Å². The number of hydrogen-bond acceptors (Lipinski definition) is 3. The lowest BCUT2D eigenvalue weighted by molar-refractivity contribution is 0.122. The van der Waals surface area contributed by atoms with Gasteiger partial charge in [0.15, 0.2) is 0 Å². The fraction of sp³-hybridized carbons (Fsp3) is 0.444. The van der Waals surface area contributed by atoms with Crippen molar-refractivity contribution in [2.75, 3.05) is 6.61 Å². The van der Waals surface area contributed by atoms with Crippen LogP contribution in [0.4, 0.5) is 4.79 Å². The molecule has 4 aromatic rings. The van der Waals surface area contributed by atoms with E-state index in [-0.39, 0.29) is 18.1 Å². The summed E-state index contributed by atoms with van der Waals surface area (Å²) < 4.78 is 7.93. The maximum Gasteiger partial charge on any atom is 0.407 e. The second kappa shape index (κ2) is 13.8. The third-order valence-corrected chi connectivity index (χ3v) is 7.93. The quantitative estimate of drug-likeness (QED) is 0.190. The molecule has 0 aliphatic heterocycles. The number of aromatic nitrogens is 2. The summed E-state index contributed by atoms with van der Waals surface area (Å²) in [7, 11) is 0. The van der Waals surface area contributed by atoms with Crippen molar-refractivity contribution in [3.63, 3.8) is 0 Å². The van der Waals surface area contributed by atoms with E-state index in [1.165, 1.54) is 33.2 Å². The van der Waals surface area contributed by atoms with Crippen LogP contribution in [0.15, 0.2) is 60.9 Å². The molecule has 1 atom stereocenters. The van der Waals surface area contributed by atoms with E-state index in [9.17, 15) is 4.79 Å². The lowest BCUT2D eigenvalue weighted by atomic mass is 9.93. The van der Waals surface area contributed by atoms with Crippen molar-refractivity contribution in [2.45, 2.75) is 92.5 Å². The fourth-order valence-electron chi connectivity index (χ4n) is 5.73. The van der Waals surface area contributed by atoms with Gasteiger partial charge in [-0.3, -0.25) is 4.98 Å². The maximum absolute atomic E-state index is 12.3. The maximum atomic E-state index is 12.3. The van der Waals surface area contributed by atoms with E-state index in [1.807, 2.05) is 20.0 Å². The van der Waals surface area contributed by atoms with Crippen molar-refractivity contribution < 1.29 is 9.53 Å². The summed E-state index contributed by atoms with van der Waals surface area (Å²) >= 11 is 0. The lowest BCUT2D eigenvalue weighted by Gasteiger charge is -2.17. The first-order valence-corrected chi connectivity index (χ1v) is 15.4. The first kappa shape index (κ1) is 30.4. The van der Waals surface area contributed by atoms with Gasteiger partial charge in [0.25, 0.3) is 0 Å². The number of benzene rings is 2. The zero-order chi connectivity index (χ0) is 29.5. The average molecular weight is 554 g/mol. The summed E-state index contributed by atoms with van der Waals surface area (Å²) in [4.78, 5) is 17.3. The smallest absolute Gasteiger partial charge is 0.407 e. The number of aryl methyl sites for hydroxylation is 2. The predicted octanol–water partition coefficient (Wildman–Crippen LogP) is 9.03. The number of rotatable bonds is 12. The normalized spacial score (nSPS) is 12.3. The largest absolute Gasteiger partial charge is 0.449 e. The van der Waals surface area contributed by atoms with E-state index < -0.39 is 0 Å². The molecule has 0 radical (unpaired) electrons. The second-order valence-corrected chi connectivity index (χ2v) is 11.8. The highest BCUT2D eigenvalue weighted by Gasteiger charge is 2.19. The Kier molecular flexibility index (Phi) is 10.3. The first-order valence-electron chi connectivity index (χ1n) is 15.4. The van der Waals surface area contributed by atoms with Gasteiger partial charge in [-0.15, -0.1) is 0 Å². The van der Waals surface area contributed by atoms with E-state index in [1.54, 1.807) is 0 Å². The standard InChI is InChI=1S/C36H47N3O2/c1-8-12-26(23-41-36(40)38-25(6)7)19-30-22-39(31-17-15-29(16-18-31)24(4)5)34-21-37-33(20-32(30)34)35-27(9-2)13-11-14-28(35)10-3/h11,13-18,20-22,24-26H,8-10,12,19,23H2,1-7H3,(H,38,40). The van der Waals surface area contributed by atoms with Crippen LogP contribution in [0, 0.1) is 5.92 Å². The number of carbonyl (C=O) groups excluding carboxylic acids is 1. The number of nitrogens with zero attached hydrogens (tertiary/aromatic N) is 2. The molecular formula is C36H47N3O2. The molecule has 2 heterocycles. The monoisotopic (exact) mass is 553 g/mol. The molecule has 0 saturated carbocycles. The number of carbonyl (C=O) groups is 1. The van der Waals surface area contributed by atoms with Crippen LogP contribution in [0.3, 0.4) is 0 Å². The molecule has 5 heteroatoms. The highest BCUT2D eigenvalue weighted by atomic mass is 16.5. The minimum Gasteiger partial charge on any atom is -0.449 e. The number of fused-ring (bicyclic) bond motifs is 1. The summed E-state index contributed by atoms with van der Waals surface area (Å²) in [5, 5.41) is 4.06. The summed E-state index contributed by atoms with van der Waals surface area (Å²) in [6, 6.07) is 17.8. The molecule has 0 aliphatic carbocycles. The van der Waals surface area contributed by atoms with Crippen molar-refractivity contribution in [3.05, 3.63) is 83.2 Å². The Morgan fingerprint density at radius 3 is 2.22 bits per heavy atom. The molecule has 1 amide bonds. The van der Waals surface area contributed by atoms with Crippen LogP contribution in [0.5, 0.6) is 0 Å². The molecule has 4 rings (SSSR count). The third kappa shape index (κ3) is 7.19. The number of hydrogen-bond donors (Lipinski definition) is 1. The Hall–Kier alpha value is -3.60. The number of amides is 1. The highest BCUT2D eigenvalue weighted by molar-refractivity contribution is 5.89. The van der Waals surface area contributed by atoms with E-state index in [2.05, 4.69) is 99.2 Å². The lowest BCUT2D eigenvalue weighted by Crippen LogP contribution is -2.32. The molecular weight excluding hydrogens is 506 g/mol. The van der Waals surface area contributed by atoms with Crippen molar-refractivity contribution in [2.24, 2.45) is 5.92 Å². The number of alkyl carbamates (subject to hydrolysis) is 1. The minimum absolute atomic E-state index is 0.0529. The Balaban J connectivity index is 1.80. The van der Waals surface area contributed by atoms with Gasteiger partial charge in [-0.05, 0) is 91.8 Å². The molecule has 0 bridgehead atoms. The van der Waals surface area contributed by atoms with Gasteiger partial charge >= 0.3 is 6.09 Å². The topological polar surface area (TPSA) is 56.1 Å². The summed E-state index contributed by atoms with van der Waals surface area (Å²) in [6.07, 6.45) is 8.74. The number of ether oxygens (including phenoxy) is 1. The van der Waals surface area contributed by atoms with Crippen LogP contribution < -0.4 is 5.32 Å². The van der Waals surface area contributed by atoms with Gasteiger partial charge < -0.3 is 14.6 Å². The molecule has 0 spiro atoms. The van der Waals surface area contributed by atoms with Gasteiger partial charge in [-0.1, -0.05) is 71.4 Å². The van der Waals surface area contributed by atoms with Crippen LogP contribution in [0.25, 0.3) is 27.8 Å². The highest BCUT2D eigenvalue weighted by Crippen LogP contribution is 2.34. The Labute approximate surface area is 246 Å². The molecule has 218 valence electrons. The van der Waals surface area contributed by atoms with Gasteiger partial charge in [-0.2, -0.15) is 0 Å². The Bertz CT molecular complexity index is 1430. The van der Waals surface area contributed by atoms with Gasteiger partial charge in [0, 0.05) is 28.9 Å². The summed E-state index contributed by atoms with van der Waals surface area (Å²) in [6.45, 7) is 15.3. The van der Waals surface area contributed by atoms with Crippen LogP contribution in [0.2, 0.25) is 0 Å². The summed E-state index contributed by atoms with van der Waals surface area (Å²) in [5.41, 5.74) is 9.76. The minimum atomic E-state index is -0.344. The third-order valence-electron chi connectivity index (χ3n) is 7.93. The van der Waals surface area contributed by atoms with Gasteiger partial charge in [0.2, 0.25) is 0 Å². The van der Waals surface area contributed by atoms with E-state index in [0.29, 0.717) is 12.5 Å². The zero-order valence-electron chi connectivity index (χ0n) is 26.0.